The van der Waals surface area contributed by atoms with Crippen LogP contribution in [0.2, 0.25) is 0 Å². The van der Waals surface area contributed by atoms with E-state index >= 15 is 0 Å². The zero-order chi connectivity index (χ0) is 17.3. The Hall–Kier alpha value is 0.0500. The zero-order valence-electron chi connectivity index (χ0n) is 16.4. The lowest BCUT2D eigenvalue weighted by Crippen LogP contribution is -2.15. The quantitative estimate of drug-likeness (QED) is 0.161. The first-order chi connectivity index (χ1) is 11.9. The highest BCUT2D eigenvalue weighted by Crippen LogP contribution is 2.19. The summed E-state index contributed by atoms with van der Waals surface area (Å²) < 4.78 is 5.68. The third kappa shape index (κ3) is 12.4. The number of rotatable bonds is 17. The summed E-state index contributed by atoms with van der Waals surface area (Å²) in [5, 5.41) is 0. The Bertz CT molecular complexity index is 273. The summed E-state index contributed by atoms with van der Waals surface area (Å²) in [7, 11) is 0.633. The van der Waals surface area contributed by atoms with E-state index in [4.69, 9.17) is 4.74 Å². The first-order valence-corrected chi connectivity index (χ1v) is 12.5. The van der Waals surface area contributed by atoms with E-state index in [2.05, 4.69) is 19.6 Å². The number of hydrogen-bond donors (Lipinski definition) is 0. The molecule has 1 rings (SSSR count). The normalized spacial score (nSPS) is 18.8. The van der Waals surface area contributed by atoms with Crippen LogP contribution in [0, 0.1) is 0 Å². The summed E-state index contributed by atoms with van der Waals surface area (Å²) >= 11 is 0. The second kappa shape index (κ2) is 16.5. The Morgan fingerprint density at radius 3 is 2.12 bits per heavy atom. The van der Waals surface area contributed by atoms with Gasteiger partial charge in [-0.25, -0.2) is 0 Å². The van der Waals surface area contributed by atoms with Crippen LogP contribution < -0.4 is 0 Å². The van der Waals surface area contributed by atoms with Crippen molar-refractivity contribution in [1.82, 2.24) is 0 Å². The molecule has 1 saturated heterocycles. The molecule has 1 fully saturated rings. The molecule has 0 aromatic rings. The van der Waals surface area contributed by atoms with E-state index in [-0.39, 0.29) is 0 Å². The number of unbranched alkanes of at least 4 members (excludes halogenated alkanes) is 9. The molecule has 0 aromatic carbocycles. The molecule has 1 nitrogen and oxygen atoms in total. The Kier molecular flexibility index (Phi) is 15.2. The lowest BCUT2D eigenvalue weighted by Gasteiger charge is -2.08. The van der Waals surface area contributed by atoms with Crippen LogP contribution in [0.5, 0.6) is 0 Å². The van der Waals surface area contributed by atoms with Crippen LogP contribution in [0.15, 0.2) is 12.7 Å². The third-order valence-corrected chi connectivity index (χ3v) is 7.56. The molecule has 2 unspecified atom stereocenters. The molecule has 24 heavy (non-hydrogen) atoms. The fraction of sp³-hybridized carbons (Fsp3) is 0.909. The van der Waals surface area contributed by atoms with Gasteiger partial charge in [0.25, 0.3) is 0 Å². The van der Waals surface area contributed by atoms with Crippen molar-refractivity contribution in [3.8, 4) is 0 Å². The first kappa shape index (κ1) is 22.1. The predicted molar refractivity (Wildman–Crippen MR) is 112 cm³/mol. The Labute approximate surface area is 155 Å². The van der Waals surface area contributed by atoms with Gasteiger partial charge in [-0.1, -0.05) is 64.9 Å². The molecular formula is C22H43OS+. The highest BCUT2D eigenvalue weighted by atomic mass is 32.2. The van der Waals surface area contributed by atoms with Crippen molar-refractivity contribution in [2.75, 3.05) is 23.9 Å². The predicted octanol–water partition coefficient (Wildman–Crippen LogP) is 6.67. The molecule has 0 aromatic heterocycles. The standard InChI is InChI=1S/C22H43OS/c1-3-5-20-24(19-4-2)21-14-12-10-8-6-7-9-11-13-16-22-17-15-18-23-22/h4,22H,2-3,5-21H2,1H3/q+1. The number of hydrogen-bond acceptors (Lipinski definition) is 1. The van der Waals surface area contributed by atoms with E-state index in [9.17, 15) is 0 Å². The van der Waals surface area contributed by atoms with E-state index in [0.29, 0.717) is 17.0 Å². The maximum atomic E-state index is 5.68. The lowest BCUT2D eigenvalue weighted by molar-refractivity contribution is 0.102. The summed E-state index contributed by atoms with van der Waals surface area (Å²) in [6.07, 6.45) is 22.3. The van der Waals surface area contributed by atoms with Crippen molar-refractivity contribution in [1.29, 1.82) is 0 Å². The third-order valence-electron chi connectivity index (χ3n) is 5.12. The first-order valence-electron chi connectivity index (χ1n) is 10.7. The van der Waals surface area contributed by atoms with Gasteiger partial charge in [0.2, 0.25) is 0 Å². The molecule has 1 aliphatic rings. The van der Waals surface area contributed by atoms with Crippen LogP contribution in [-0.2, 0) is 15.6 Å². The second-order valence-electron chi connectivity index (χ2n) is 7.44. The van der Waals surface area contributed by atoms with Crippen molar-refractivity contribution >= 4 is 10.9 Å². The minimum atomic E-state index is 0.605. The van der Waals surface area contributed by atoms with Crippen LogP contribution in [0.1, 0.15) is 96.8 Å². The lowest BCUT2D eigenvalue weighted by atomic mass is 10.0. The molecule has 1 aliphatic heterocycles. The number of ether oxygens (including phenoxy) is 1. The van der Waals surface area contributed by atoms with Gasteiger partial charge in [0.1, 0.15) is 17.3 Å². The van der Waals surface area contributed by atoms with Gasteiger partial charge in [0.15, 0.2) is 0 Å². The largest absolute Gasteiger partial charge is 0.378 e. The van der Waals surface area contributed by atoms with Crippen LogP contribution in [0.3, 0.4) is 0 Å². The molecule has 0 spiro atoms. The van der Waals surface area contributed by atoms with E-state index in [1.165, 1.54) is 107 Å². The van der Waals surface area contributed by atoms with E-state index in [1.54, 1.807) is 0 Å². The summed E-state index contributed by atoms with van der Waals surface area (Å²) in [6.45, 7) is 7.25. The Morgan fingerprint density at radius 1 is 0.917 bits per heavy atom. The molecule has 0 radical (unpaired) electrons. The van der Waals surface area contributed by atoms with Crippen LogP contribution in [0.4, 0.5) is 0 Å². The fourth-order valence-corrected chi connectivity index (χ4v) is 5.75. The van der Waals surface area contributed by atoms with E-state index in [1.807, 2.05) is 0 Å². The molecule has 0 amide bonds. The molecule has 2 atom stereocenters. The molecule has 0 bridgehead atoms. The van der Waals surface area contributed by atoms with Gasteiger partial charge in [-0.3, -0.25) is 0 Å². The summed E-state index contributed by atoms with van der Waals surface area (Å²) in [6, 6.07) is 0. The van der Waals surface area contributed by atoms with Gasteiger partial charge < -0.3 is 4.74 Å². The molecule has 0 saturated carbocycles. The van der Waals surface area contributed by atoms with E-state index < -0.39 is 0 Å². The van der Waals surface area contributed by atoms with Gasteiger partial charge in [-0.2, -0.15) is 0 Å². The Morgan fingerprint density at radius 2 is 1.54 bits per heavy atom. The fourth-order valence-electron chi connectivity index (χ4n) is 3.57. The monoisotopic (exact) mass is 355 g/mol. The highest BCUT2D eigenvalue weighted by molar-refractivity contribution is 7.96. The van der Waals surface area contributed by atoms with Gasteiger partial charge in [0, 0.05) is 6.61 Å². The maximum absolute atomic E-state index is 5.68. The van der Waals surface area contributed by atoms with Crippen LogP contribution in [-0.4, -0.2) is 30.0 Å². The zero-order valence-corrected chi connectivity index (χ0v) is 17.2. The molecule has 0 N–H and O–H groups in total. The smallest absolute Gasteiger partial charge is 0.126 e. The minimum absolute atomic E-state index is 0.605. The average molecular weight is 356 g/mol. The maximum Gasteiger partial charge on any atom is 0.126 e. The van der Waals surface area contributed by atoms with Crippen molar-refractivity contribution in [3.05, 3.63) is 12.7 Å². The van der Waals surface area contributed by atoms with E-state index in [0.717, 1.165) is 6.61 Å². The average Bonchev–Trinajstić information content (AvgIpc) is 3.10. The second-order valence-corrected chi connectivity index (χ2v) is 9.81. The molecule has 142 valence electrons. The topological polar surface area (TPSA) is 9.23 Å². The van der Waals surface area contributed by atoms with Gasteiger partial charge in [-0.15, -0.1) is 0 Å². The van der Waals surface area contributed by atoms with Gasteiger partial charge in [0.05, 0.1) is 6.10 Å². The highest BCUT2D eigenvalue weighted by Gasteiger charge is 2.15. The van der Waals surface area contributed by atoms with Crippen LogP contribution >= 0.6 is 0 Å². The van der Waals surface area contributed by atoms with Crippen molar-refractivity contribution in [3.63, 3.8) is 0 Å². The minimum Gasteiger partial charge on any atom is -0.378 e. The van der Waals surface area contributed by atoms with Crippen molar-refractivity contribution in [2.24, 2.45) is 0 Å². The molecular weight excluding hydrogens is 312 g/mol. The summed E-state index contributed by atoms with van der Waals surface area (Å²) in [5.41, 5.74) is 0. The van der Waals surface area contributed by atoms with Crippen molar-refractivity contribution < 1.29 is 4.74 Å². The van der Waals surface area contributed by atoms with Crippen LogP contribution in [0.25, 0.3) is 0 Å². The van der Waals surface area contributed by atoms with Crippen molar-refractivity contribution in [2.45, 2.75) is 103 Å². The SMILES string of the molecule is C=CC[S+](CCCC)CCCCCCCCCCCC1CCCO1. The molecule has 0 aliphatic carbocycles. The summed E-state index contributed by atoms with van der Waals surface area (Å²) in [4.78, 5) is 0. The molecule has 2 heteroatoms. The van der Waals surface area contributed by atoms with Gasteiger partial charge >= 0.3 is 0 Å². The van der Waals surface area contributed by atoms with Gasteiger partial charge in [-0.05, 0) is 55.5 Å². The molecule has 1 heterocycles. The summed E-state index contributed by atoms with van der Waals surface area (Å²) in [5.74, 6) is 4.15. The Balaban J connectivity index is 1.79.